The van der Waals surface area contributed by atoms with Gasteiger partial charge in [-0.2, -0.15) is 0 Å². The van der Waals surface area contributed by atoms with Crippen molar-refractivity contribution in [3.8, 4) is 5.75 Å². The Balaban J connectivity index is 2.10. The maximum Gasteiger partial charge on any atom is 0.339 e. The van der Waals surface area contributed by atoms with Crippen molar-refractivity contribution in [1.29, 1.82) is 0 Å². The molecule has 0 unspecified atom stereocenters. The number of nitrogens with two attached hydrogens (primary N) is 1. The number of aromatic hydroxyl groups is 1. The third-order valence-corrected chi connectivity index (χ3v) is 4.27. The number of benzene rings is 1. The monoisotopic (exact) mass is 303 g/mol. The Bertz CT molecular complexity index is 808. The van der Waals surface area contributed by atoms with Gasteiger partial charge in [-0.15, -0.1) is 0 Å². The number of carbonyl (C=O) groups excluding carboxylic acids is 1. The van der Waals surface area contributed by atoms with Crippen LogP contribution in [0.4, 0.5) is 0 Å². The smallest absolute Gasteiger partial charge is 0.339 e. The van der Waals surface area contributed by atoms with Crippen LogP contribution in [0.3, 0.4) is 0 Å². The molecule has 0 saturated carbocycles. The minimum absolute atomic E-state index is 0.00426. The van der Waals surface area contributed by atoms with Crippen LogP contribution in [0.25, 0.3) is 11.0 Å². The van der Waals surface area contributed by atoms with Gasteiger partial charge in [0.1, 0.15) is 18.3 Å². The lowest BCUT2D eigenvalue weighted by Gasteiger charge is -2.13. The summed E-state index contributed by atoms with van der Waals surface area (Å²) in [7, 11) is 0. The van der Waals surface area contributed by atoms with E-state index in [9.17, 15) is 19.8 Å². The van der Waals surface area contributed by atoms with Crippen LogP contribution < -0.4 is 16.0 Å². The summed E-state index contributed by atoms with van der Waals surface area (Å²) < 4.78 is 5.41. The summed E-state index contributed by atoms with van der Waals surface area (Å²) in [6.07, 6.45) is 2.46. The first kappa shape index (κ1) is 14.6. The zero-order chi connectivity index (χ0) is 15.9. The highest BCUT2D eigenvalue weighted by Crippen LogP contribution is 2.32. The zero-order valence-corrected chi connectivity index (χ0v) is 12.2. The molecule has 0 amide bonds. The Hall–Kier alpha value is -2.34. The number of phenols is 1. The van der Waals surface area contributed by atoms with Crippen LogP contribution in [0.5, 0.6) is 5.75 Å². The van der Waals surface area contributed by atoms with Crippen LogP contribution in [0.1, 0.15) is 30.0 Å². The van der Waals surface area contributed by atoms with Gasteiger partial charge in [0.15, 0.2) is 5.58 Å². The number of aryl methyl sites for hydroxylation is 1. The predicted octanol–water partition coefficient (Wildman–Crippen LogP) is -0.811. The van der Waals surface area contributed by atoms with Crippen molar-refractivity contribution in [2.75, 3.05) is 0 Å². The highest BCUT2D eigenvalue weighted by atomic mass is 16.4. The molecule has 0 saturated heterocycles. The maximum absolute atomic E-state index is 12.1. The van der Waals surface area contributed by atoms with E-state index in [0.717, 1.165) is 35.8 Å². The Kier molecular flexibility index (Phi) is 3.62. The van der Waals surface area contributed by atoms with Crippen LogP contribution in [0.15, 0.2) is 21.3 Å². The molecule has 1 heterocycles. The second kappa shape index (κ2) is 5.46. The molecule has 0 fully saturated rings. The predicted molar refractivity (Wildman–Crippen MR) is 76.3 cm³/mol. The number of quaternary nitrogens is 1. The third-order valence-electron chi connectivity index (χ3n) is 4.27. The summed E-state index contributed by atoms with van der Waals surface area (Å²) in [5, 5.41) is 23.2. The van der Waals surface area contributed by atoms with Gasteiger partial charge in [0.2, 0.25) is 0 Å². The van der Waals surface area contributed by atoms with Gasteiger partial charge < -0.3 is 24.7 Å². The van der Waals surface area contributed by atoms with Gasteiger partial charge in [-0.1, -0.05) is 0 Å². The number of carbonyl (C=O) groups is 1. The Morgan fingerprint density at radius 2 is 2.14 bits per heavy atom. The van der Waals surface area contributed by atoms with Crippen molar-refractivity contribution in [1.82, 2.24) is 0 Å². The van der Waals surface area contributed by atoms with Crippen molar-refractivity contribution >= 4 is 16.9 Å². The molecule has 3 N–H and O–H groups in total. The van der Waals surface area contributed by atoms with Gasteiger partial charge in [0, 0.05) is 10.9 Å². The van der Waals surface area contributed by atoms with E-state index in [1.807, 2.05) is 0 Å². The maximum atomic E-state index is 12.1. The molecule has 6 nitrogen and oxygen atoms in total. The molecule has 1 atom stereocenters. The molecular weight excluding hydrogens is 286 g/mol. The molecule has 0 radical (unpaired) electrons. The third kappa shape index (κ3) is 2.35. The van der Waals surface area contributed by atoms with E-state index in [1.54, 1.807) is 12.1 Å². The lowest BCUT2D eigenvalue weighted by Crippen LogP contribution is -2.90. The van der Waals surface area contributed by atoms with Crippen LogP contribution in [0.2, 0.25) is 0 Å². The first-order valence-corrected chi connectivity index (χ1v) is 7.32. The summed E-state index contributed by atoms with van der Waals surface area (Å²) in [6.45, 7) is 1.70. The first-order chi connectivity index (χ1) is 10.5. The number of hydrogen-bond acceptors (Lipinski definition) is 5. The second-order valence-electron chi connectivity index (χ2n) is 5.69. The average molecular weight is 303 g/mol. The van der Waals surface area contributed by atoms with Crippen LogP contribution in [-0.2, 0) is 24.2 Å². The number of carboxylic acid groups (broad SMARTS) is 1. The van der Waals surface area contributed by atoms with Crippen molar-refractivity contribution < 1.29 is 24.7 Å². The molecule has 1 aromatic heterocycles. The van der Waals surface area contributed by atoms with Crippen LogP contribution in [0, 0.1) is 0 Å². The minimum atomic E-state index is -1.18. The minimum Gasteiger partial charge on any atom is -0.544 e. The Labute approximate surface area is 126 Å². The number of hydrogen-bond donors (Lipinski definition) is 2. The Morgan fingerprint density at radius 3 is 2.86 bits per heavy atom. The van der Waals surface area contributed by atoms with Crippen molar-refractivity contribution in [2.45, 2.75) is 38.8 Å². The van der Waals surface area contributed by atoms with E-state index in [4.69, 9.17) is 4.42 Å². The molecule has 1 aromatic carbocycles. The average Bonchev–Trinajstić information content (AvgIpc) is 2.96. The Morgan fingerprint density at radius 1 is 1.41 bits per heavy atom. The summed E-state index contributed by atoms with van der Waals surface area (Å²) in [5.41, 5.74) is 2.14. The molecule has 1 aliphatic rings. The van der Waals surface area contributed by atoms with Gasteiger partial charge in [0.05, 0.1) is 11.5 Å². The normalized spacial score (nSPS) is 15.0. The zero-order valence-electron chi connectivity index (χ0n) is 12.2. The lowest BCUT2D eigenvalue weighted by molar-refractivity contribution is -0.695. The van der Waals surface area contributed by atoms with Crippen molar-refractivity contribution in [2.24, 2.45) is 0 Å². The van der Waals surface area contributed by atoms with Crippen molar-refractivity contribution in [3.63, 3.8) is 0 Å². The SMILES string of the molecule is C[C@@H]([NH2+]Cc1c(O)ccc2c3c(c(=O)oc12)CCC3)C(=O)[O-]. The fourth-order valence-electron chi connectivity index (χ4n) is 2.98. The van der Waals surface area contributed by atoms with E-state index in [2.05, 4.69) is 0 Å². The number of fused-ring (bicyclic) bond motifs is 3. The largest absolute Gasteiger partial charge is 0.544 e. The fraction of sp³-hybridized carbons (Fsp3) is 0.375. The molecule has 22 heavy (non-hydrogen) atoms. The highest BCUT2D eigenvalue weighted by molar-refractivity contribution is 5.86. The molecule has 0 bridgehead atoms. The summed E-state index contributed by atoms with van der Waals surface area (Å²) in [5.74, 6) is -1.18. The highest BCUT2D eigenvalue weighted by Gasteiger charge is 2.22. The second-order valence-corrected chi connectivity index (χ2v) is 5.69. The quantitative estimate of drug-likeness (QED) is 0.718. The molecular formula is C16H17NO5. The number of rotatable bonds is 4. The number of phenolic OH excluding ortho intramolecular Hbond substituents is 1. The van der Waals surface area contributed by atoms with Gasteiger partial charge in [0.25, 0.3) is 0 Å². The lowest BCUT2D eigenvalue weighted by atomic mass is 10.0. The fourth-order valence-corrected chi connectivity index (χ4v) is 2.98. The van der Waals surface area contributed by atoms with Crippen LogP contribution in [-0.4, -0.2) is 17.1 Å². The van der Waals surface area contributed by atoms with Gasteiger partial charge in [-0.25, -0.2) is 4.79 Å². The standard InChI is InChI=1S/C16H17NO5/c1-8(15(19)20)17-7-12-13(18)6-5-10-9-3-2-4-11(9)16(21)22-14(10)12/h5-6,8,17-18H,2-4,7H2,1H3,(H,19,20)/t8-/m1/s1. The van der Waals surface area contributed by atoms with Gasteiger partial charge in [-0.3, -0.25) is 0 Å². The summed E-state index contributed by atoms with van der Waals surface area (Å²) >= 11 is 0. The molecule has 3 rings (SSSR count). The molecule has 2 aromatic rings. The van der Waals surface area contributed by atoms with E-state index in [-0.39, 0.29) is 17.9 Å². The van der Waals surface area contributed by atoms with Gasteiger partial charge in [-0.05, 0) is 43.9 Å². The summed E-state index contributed by atoms with van der Waals surface area (Å²) in [4.78, 5) is 22.9. The summed E-state index contributed by atoms with van der Waals surface area (Å²) in [6, 6.07) is 2.56. The molecule has 1 aliphatic carbocycles. The van der Waals surface area contributed by atoms with E-state index in [0.29, 0.717) is 11.1 Å². The van der Waals surface area contributed by atoms with Crippen LogP contribution >= 0.6 is 0 Å². The first-order valence-electron chi connectivity index (χ1n) is 7.32. The van der Waals surface area contributed by atoms with E-state index < -0.39 is 12.0 Å². The van der Waals surface area contributed by atoms with E-state index in [1.165, 1.54) is 12.2 Å². The molecule has 0 spiro atoms. The van der Waals surface area contributed by atoms with Gasteiger partial charge >= 0.3 is 5.63 Å². The van der Waals surface area contributed by atoms with E-state index >= 15 is 0 Å². The molecule has 116 valence electrons. The molecule has 0 aliphatic heterocycles. The molecule has 6 heteroatoms. The topological polar surface area (TPSA) is 107 Å². The number of aliphatic carboxylic acids is 1. The number of carboxylic acids is 1. The van der Waals surface area contributed by atoms with Crippen molar-refractivity contribution in [3.05, 3.63) is 39.2 Å².